The maximum absolute atomic E-state index is 12.5. The number of rotatable bonds is 7. The normalized spacial score (nSPS) is 15.2. The third-order valence-corrected chi connectivity index (χ3v) is 5.32. The number of carbonyl (C=O) groups is 1. The summed E-state index contributed by atoms with van der Waals surface area (Å²) in [5.74, 6) is 0.423. The molecule has 1 unspecified atom stereocenters. The maximum atomic E-state index is 12.5. The number of oxime groups is 1. The van der Waals surface area contributed by atoms with Gasteiger partial charge in [0.25, 0.3) is 5.91 Å². The molecule has 9 nitrogen and oxygen atoms in total. The van der Waals surface area contributed by atoms with E-state index in [0.717, 1.165) is 16.9 Å². The minimum Gasteiger partial charge on any atom is -0.487 e. The van der Waals surface area contributed by atoms with Crippen LogP contribution in [0.4, 0.5) is 0 Å². The molecular formula is C23H19ClN6O3. The largest absolute Gasteiger partial charge is 0.487 e. The molecule has 1 amide bonds. The highest BCUT2D eigenvalue weighted by molar-refractivity contribution is 6.29. The Bertz CT molecular complexity index is 1320. The van der Waals surface area contributed by atoms with Crippen LogP contribution in [0.1, 0.15) is 16.8 Å². The quantitative estimate of drug-likeness (QED) is 0.422. The summed E-state index contributed by atoms with van der Waals surface area (Å²) >= 11 is 5.88. The molecule has 0 aromatic carbocycles. The third-order valence-electron chi connectivity index (χ3n) is 5.09. The minimum atomic E-state index is -0.254. The van der Waals surface area contributed by atoms with Crippen molar-refractivity contribution in [2.75, 3.05) is 13.2 Å². The molecule has 5 heterocycles. The van der Waals surface area contributed by atoms with Crippen molar-refractivity contribution in [3.8, 4) is 17.0 Å². The van der Waals surface area contributed by atoms with Crippen molar-refractivity contribution in [1.29, 1.82) is 0 Å². The molecule has 33 heavy (non-hydrogen) atoms. The molecule has 0 aliphatic carbocycles. The molecule has 1 aliphatic rings. The predicted molar refractivity (Wildman–Crippen MR) is 122 cm³/mol. The van der Waals surface area contributed by atoms with E-state index >= 15 is 0 Å². The van der Waals surface area contributed by atoms with Gasteiger partial charge in [0.1, 0.15) is 28.9 Å². The van der Waals surface area contributed by atoms with E-state index in [1.54, 1.807) is 59.7 Å². The molecule has 0 fully saturated rings. The molecule has 0 bridgehead atoms. The standard InChI is InChI=1S/C23H19ClN6O3/c24-20-5-3-15(11-27-20)22-19(2-1-7-26-22)32-14-18-10-17(29-33-18)12-28-23(31)16-4-6-21-25-8-9-30(21)13-16/h1-9,11,13,18H,10,12,14H2,(H,28,31). The highest BCUT2D eigenvalue weighted by Crippen LogP contribution is 2.28. The SMILES string of the molecule is O=C(NCC1=NOC(COc2cccnc2-c2ccc(Cl)nc2)C1)c1ccc2nccn2c1. The van der Waals surface area contributed by atoms with Crippen LogP contribution in [0.2, 0.25) is 5.15 Å². The van der Waals surface area contributed by atoms with Gasteiger partial charge >= 0.3 is 0 Å². The summed E-state index contributed by atoms with van der Waals surface area (Å²) in [4.78, 5) is 30.6. The monoisotopic (exact) mass is 462 g/mol. The number of aromatic nitrogens is 4. The number of hydrogen-bond donors (Lipinski definition) is 1. The third kappa shape index (κ3) is 4.78. The molecule has 1 N–H and O–H groups in total. The van der Waals surface area contributed by atoms with Gasteiger partial charge in [0, 0.05) is 43.0 Å². The molecule has 166 valence electrons. The van der Waals surface area contributed by atoms with Crippen molar-refractivity contribution < 1.29 is 14.4 Å². The Morgan fingerprint density at radius 3 is 3.00 bits per heavy atom. The number of nitrogens with zero attached hydrogens (tertiary/aromatic N) is 5. The van der Waals surface area contributed by atoms with Crippen LogP contribution >= 0.6 is 11.6 Å². The first-order valence-electron chi connectivity index (χ1n) is 10.3. The second-order valence-corrected chi connectivity index (χ2v) is 7.80. The Kier molecular flexibility index (Phi) is 5.86. The van der Waals surface area contributed by atoms with Gasteiger partial charge in [-0.15, -0.1) is 0 Å². The number of carbonyl (C=O) groups excluding carboxylic acids is 1. The van der Waals surface area contributed by atoms with E-state index in [2.05, 4.69) is 25.4 Å². The fourth-order valence-electron chi connectivity index (χ4n) is 3.44. The zero-order valence-electron chi connectivity index (χ0n) is 17.4. The minimum absolute atomic E-state index is 0.190. The van der Waals surface area contributed by atoms with Gasteiger partial charge in [0.15, 0.2) is 6.10 Å². The highest BCUT2D eigenvalue weighted by atomic mass is 35.5. The van der Waals surface area contributed by atoms with Crippen LogP contribution in [0, 0.1) is 0 Å². The van der Waals surface area contributed by atoms with Gasteiger partial charge in [0.05, 0.1) is 17.8 Å². The molecule has 5 rings (SSSR count). The van der Waals surface area contributed by atoms with E-state index in [1.165, 1.54) is 0 Å². The Hall–Kier alpha value is -3.98. The lowest BCUT2D eigenvalue weighted by Crippen LogP contribution is -2.30. The Labute approximate surface area is 194 Å². The first-order valence-corrected chi connectivity index (χ1v) is 10.7. The van der Waals surface area contributed by atoms with Crippen molar-refractivity contribution in [3.63, 3.8) is 0 Å². The van der Waals surface area contributed by atoms with Crippen LogP contribution in [0.5, 0.6) is 5.75 Å². The van der Waals surface area contributed by atoms with Crippen molar-refractivity contribution in [1.82, 2.24) is 24.7 Å². The lowest BCUT2D eigenvalue weighted by Gasteiger charge is -2.13. The van der Waals surface area contributed by atoms with E-state index in [0.29, 0.717) is 35.1 Å². The lowest BCUT2D eigenvalue weighted by molar-refractivity contribution is 0.0471. The average Bonchev–Trinajstić information content (AvgIpc) is 3.51. The number of amides is 1. The summed E-state index contributed by atoms with van der Waals surface area (Å²) in [5.41, 5.74) is 3.54. The summed E-state index contributed by atoms with van der Waals surface area (Å²) in [6.45, 7) is 0.587. The van der Waals surface area contributed by atoms with Gasteiger partial charge in [-0.2, -0.15) is 0 Å². The maximum Gasteiger partial charge on any atom is 0.253 e. The second-order valence-electron chi connectivity index (χ2n) is 7.41. The number of fused-ring (bicyclic) bond motifs is 1. The topological polar surface area (TPSA) is 103 Å². The van der Waals surface area contributed by atoms with Crippen LogP contribution in [0.15, 0.2) is 72.5 Å². The molecule has 1 atom stereocenters. The van der Waals surface area contributed by atoms with Crippen molar-refractivity contribution >= 4 is 28.9 Å². The molecular weight excluding hydrogens is 444 g/mol. The molecule has 10 heteroatoms. The second kappa shape index (κ2) is 9.25. The number of ether oxygens (including phenoxy) is 1. The van der Waals surface area contributed by atoms with Crippen LogP contribution < -0.4 is 10.1 Å². The van der Waals surface area contributed by atoms with Gasteiger partial charge in [-0.3, -0.25) is 9.78 Å². The summed E-state index contributed by atoms with van der Waals surface area (Å²) in [6.07, 6.45) is 8.86. The number of nitrogens with one attached hydrogen (secondary N) is 1. The van der Waals surface area contributed by atoms with Crippen LogP contribution in [0.25, 0.3) is 16.9 Å². The smallest absolute Gasteiger partial charge is 0.253 e. The van der Waals surface area contributed by atoms with Gasteiger partial charge < -0.3 is 19.3 Å². The molecule has 4 aromatic rings. The molecule has 0 saturated carbocycles. The number of pyridine rings is 3. The van der Waals surface area contributed by atoms with Crippen molar-refractivity contribution in [2.45, 2.75) is 12.5 Å². The van der Waals surface area contributed by atoms with Crippen LogP contribution in [-0.4, -0.2) is 50.2 Å². The average molecular weight is 463 g/mol. The van der Waals surface area contributed by atoms with Gasteiger partial charge in [-0.25, -0.2) is 9.97 Å². The molecule has 0 saturated heterocycles. The molecule has 1 aliphatic heterocycles. The Morgan fingerprint density at radius 1 is 1.18 bits per heavy atom. The molecule has 4 aromatic heterocycles. The van der Waals surface area contributed by atoms with Crippen molar-refractivity contribution in [3.05, 3.63) is 78.1 Å². The summed E-state index contributed by atoms with van der Waals surface area (Å²) in [7, 11) is 0. The molecule has 0 radical (unpaired) electrons. The summed E-state index contributed by atoms with van der Waals surface area (Å²) in [5, 5.41) is 7.38. The highest BCUT2D eigenvalue weighted by Gasteiger charge is 2.23. The van der Waals surface area contributed by atoms with Crippen LogP contribution in [0.3, 0.4) is 0 Å². The van der Waals surface area contributed by atoms with E-state index in [9.17, 15) is 4.79 Å². The first kappa shape index (κ1) is 20.9. The number of halogens is 1. The van der Waals surface area contributed by atoms with Gasteiger partial charge in [-0.1, -0.05) is 16.8 Å². The zero-order valence-corrected chi connectivity index (χ0v) is 18.1. The van der Waals surface area contributed by atoms with Crippen LogP contribution in [-0.2, 0) is 4.84 Å². The number of imidazole rings is 1. The lowest BCUT2D eigenvalue weighted by atomic mass is 10.1. The Balaban J connectivity index is 1.14. The summed E-state index contributed by atoms with van der Waals surface area (Å²) < 4.78 is 7.76. The fraction of sp³-hybridized carbons (Fsp3) is 0.174. The van der Waals surface area contributed by atoms with Crippen molar-refractivity contribution in [2.24, 2.45) is 5.16 Å². The summed E-state index contributed by atoms with van der Waals surface area (Å²) in [6, 6.07) is 10.7. The van der Waals surface area contributed by atoms with E-state index in [1.807, 2.05) is 12.1 Å². The predicted octanol–water partition coefficient (Wildman–Crippen LogP) is 3.40. The van der Waals surface area contributed by atoms with Gasteiger partial charge in [-0.05, 0) is 36.4 Å². The Morgan fingerprint density at radius 2 is 2.12 bits per heavy atom. The van der Waals surface area contributed by atoms with E-state index in [-0.39, 0.29) is 18.6 Å². The number of hydrogen-bond acceptors (Lipinski definition) is 7. The van der Waals surface area contributed by atoms with E-state index in [4.69, 9.17) is 21.2 Å². The van der Waals surface area contributed by atoms with Gasteiger partial charge in [0.2, 0.25) is 0 Å². The fourth-order valence-corrected chi connectivity index (χ4v) is 3.55. The first-order chi connectivity index (χ1) is 16.2. The molecule has 0 spiro atoms. The van der Waals surface area contributed by atoms with E-state index < -0.39 is 0 Å². The zero-order chi connectivity index (χ0) is 22.6.